The van der Waals surface area contributed by atoms with E-state index in [1.807, 2.05) is 0 Å². The lowest BCUT2D eigenvalue weighted by Gasteiger charge is -2.29. The third-order valence-electron chi connectivity index (χ3n) is 5.37. The minimum absolute atomic E-state index is 0.155. The molecule has 0 saturated carbocycles. The van der Waals surface area contributed by atoms with Gasteiger partial charge in [0, 0.05) is 5.69 Å². The molecule has 1 heterocycles. The van der Waals surface area contributed by atoms with E-state index in [0.717, 1.165) is 9.80 Å². The maximum Gasteiger partial charge on any atom is 0.337 e. The Hall–Kier alpha value is -4.19. The smallest absolute Gasteiger partial charge is 0.297 e. The van der Waals surface area contributed by atoms with E-state index < -0.39 is 23.3 Å². The maximum absolute atomic E-state index is 13.4. The van der Waals surface area contributed by atoms with Gasteiger partial charge in [0.2, 0.25) is 12.2 Å². The highest BCUT2D eigenvalue weighted by atomic mass is 16.2. The Labute approximate surface area is 177 Å². The van der Waals surface area contributed by atoms with E-state index in [2.05, 4.69) is 9.98 Å². The monoisotopic (exact) mass is 418 g/mol. The van der Waals surface area contributed by atoms with E-state index >= 15 is 0 Å². The van der Waals surface area contributed by atoms with Gasteiger partial charge >= 0.3 is 6.03 Å². The largest absolute Gasteiger partial charge is 0.337 e. The molecule has 2 aromatic carbocycles. The summed E-state index contributed by atoms with van der Waals surface area (Å²) in [4.78, 5) is 69.9. The highest BCUT2D eigenvalue weighted by molar-refractivity contribution is 6.37. The van der Waals surface area contributed by atoms with E-state index in [4.69, 9.17) is 0 Å². The number of urea groups is 1. The summed E-state index contributed by atoms with van der Waals surface area (Å²) in [5.74, 6) is -1.30. The second-order valence-electron chi connectivity index (χ2n) is 7.23. The molecule has 0 aliphatic carbocycles. The number of anilines is 2. The minimum atomic E-state index is -1.83. The summed E-state index contributed by atoms with van der Waals surface area (Å²) >= 11 is 0. The predicted molar refractivity (Wildman–Crippen MR) is 112 cm³/mol. The molecule has 0 aromatic heterocycles. The molecule has 31 heavy (non-hydrogen) atoms. The molecule has 1 unspecified atom stereocenters. The fraction of sp³-hybridized carbons (Fsp3) is 0.227. The summed E-state index contributed by atoms with van der Waals surface area (Å²) in [6, 6.07) is 8.38. The van der Waals surface area contributed by atoms with Gasteiger partial charge in [-0.15, -0.1) is 0 Å². The average molecular weight is 418 g/mol. The van der Waals surface area contributed by atoms with Crippen LogP contribution in [0.5, 0.6) is 0 Å². The zero-order valence-corrected chi connectivity index (χ0v) is 17.3. The molecule has 1 aliphatic heterocycles. The normalized spacial score (nSPS) is 17.9. The number of hydrogen-bond acceptors (Lipinski definition) is 7. The van der Waals surface area contributed by atoms with E-state index in [9.17, 15) is 24.0 Å². The van der Waals surface area contributed by atoms with Gasteiger partial charge in [-0.05, 0) is 63.1 Å². The number of ketones is 1. The van der Waals surface area contributed by atoms with Crippen LogP contribution in [0.2, 0.25) is 0 Å². The van der Waals surface area contributed by atoms with Crippen molar-refractivity contribution in [2.45, 2.75) is 33.2 Å². The number of rotatable bonds is 5. The van der Waals surface area contributed by atoms with Crippen molar-refractivity contribution in [3.8, 4) is 0 Å². The Morgan fingerprint density at radius 2 is 1.39 bits per heavy atom. The predicted octanol–water partition coefficient (Wildman–Crippen LogP) is 3.56. The second-order valence-corrected chi connectivity index (χ2v) is 7.23. The summed E-state index contributed by atoms with van der Waals surface area (Å²) in [6.07, 6.45) is 2.89. The summed E-state index contributed by atoms with van der Waals surface area (Å²) in [5, 5.41) is 0. The molecule has 0 spiro atoms. The highest BCUT2D eigenvalue weighted by Crippen LogP contribution is 2.39. The molecule has 2 aromatic rings. The number of carbonyl (C=O) groups excluding carboxylic acids is 5. The van der Waals surface area contributed by atoms with Crippen LogP contribution in [-0.4, -0.2) is 35.4 Å². The van der Waals surface area contributed by atoms with Gasteiger partial charge in [0.1, 0.15) is 0 Å². The molecule has 156 valence electrons. The van der Waals surface area contributed by atoms with Crippen LogP contribution in [-0.2, 0) is 19.2 Å². The van der Waals surface area contributed by atoms with Gasteiger partial charge in [-0.25, -0.2) is 19.3 Å². The van der Waals surface area contributed by atoms with Crippen molar-refractivity contribution < 1.29 is 24.0 Å². The zero-order chi connectivity index (χ0) is 22.9. The lowest BCUT2D eigenvalue weighted by atomic mass is 9.94. The van der Waals surface area contributed by atoms with Crippen molar-refractivity contribution in [2.75, 3.05) is 9.80 Å². The number of hydrogen-bond donors (Lipinski definition) is 0. The van der Waals surface area contributed by atoms with Gasteiger partial charge in [-0.1, -0.05) is 12.1 Å². The van der Waals surface area contributed by atoms with Crippen molar-refractivity contribution in [3.63, 3.8) is 0 Å². The van der Waals surface area contributed by atoms with Crippen molar-refractivity contribution in [3.05, 3.63) is 47.5 Å². The van der Waals surface area contributed by atoms with Gasteiger partial charge in [-0.3, -0.25) is 14.5 Å². The van der Waals surface area contributed by atoms with Crippen LogP contribution in [0.4, 0.5) is 27.5 Å². The third-order valence-corrected chi connectivity index (χ3v) is 5.37. The van der Waals surface area contributed by atoms with Crippen LogP contribution in [0.3, 0.4) is 0 Å². The lowest BCUT2D eigenvalue weighted by Crippen LogP contribution is -2.53. The van der Waals surface area contributed by atoms with Crippen molar-refractivity contribution in [2.24, 2.45) is 9.98 Å². The van der Waals surface area contributed by atoms with Gasteiger partial charge in [0.25, 0.3) is 5.91 Å². The van der Waals surface area contributed by atoms with Gasteiger partial charge in [0.15, 0.2) is 11.3 Å². The quantitative estimate of drug-likeness (QED) is 0.319. The molecule has 0 bridgehead atoms. The fourth-order valence-electron chi connectivity index (χ4n) is 3.41. The van der Waals surface area contributed by atoms with Crippen LogP contribution in [0.1, 0.15) is 25.0 Å². The Balaban J connectivity index is 2.21. The Morgan fingerprint density at radius 3 is 1.87 bits per heavy atom. The molecular formula is C22H18N4O5. The first-order valence-electron chi connectivity index (χ1n) is 9.23. The molecule has 1 atom stereocenters. The number of aryl methyl sites for hydroxylation is 2. The number of Topliss-reactive ketones (excluding diaryl/α,β-unsaturated/α-hetero) is 1. The van der Waals surface area contributed by atoms with Crippen molar-refractivity contribution in [1.82, 2.24) is 0 Å². The number of benzene rings is 2. The van der Waals surface area contributed by atoms with E-state index in [0.29, 0.717) is 11.1 Å². The molecular weight excluding hydrogens is 400 g/mol. The van der Waals surface area contributed by atoms with Crippen LogP contribution in [0.15, 0.2) is 46.4 Å². The molecule has 1 saturated heterocycles. The third kappa shape index (κ3) is 3.38. The molecule has 0 radical (unpaired) electrons. The van der Waals surface area contributed by atoms with Gasteiger partial charge in [0.05, 0.1) is 17.1 Å². The number of amides is 3. The van der Waals surface area contributed by atoms with Crippen LogP contribution in [0.25, 0.3) is 0 Å². The van der Waals surface area contributed by atoms with Crippen LogP contribution < -0.4 is 9.80 Å². The Bertz CT molecular complexity index is 1220. The molecule has 0 N–H and O–H groups in total. The first-order valence-corrected chi connectivity index (χ1v) is 9.23. The first-order chi connectivity index (χ1) is 14.7. The lowest BCUT2D eigenvalue weighted by molar-refractivity contribution is -0.130. The molecule has 1 aliphatic rings. The van der Waals surface area contributed by atoms with Gasteiger partial charge in [-0.2, -0.15) is 9.98 Å². The fourth-order valence-corrected chi connectivity index (χ4v) is 3.41. The minimum Gasteiger partial charge on any atom is -0.297 e. The van der Waals surface area contributed by atoms with Gasteiger partial charge < -0.3 is 0 Å². The number of nitrogens with zero attached hydrogens (tertiary/aromatic N) is 4. The highest BCUT2D eigenvalue weighted by Gasteiger charge is 2.58. The molecule has 3 rings (SSSR count). The first kappa shape index (κ1) is 21.5. The number of aliphatic imine (C=N–C) groups is 2. The number of isocyanates is 2. The number of carbonyl (C=O) groups is 3. The maximum atomic E-state index is 13.4. The second kappa shape index (κ2) is 7.91. The summed E-state index contributed by atoms with van der Waals surface area (Å²) in [7, 11) is 0. The SMILES string of the molecule is CC(=O)C1(C)C(=O)N(c2ccc(C)c(N=C=O)c2)C(=O)N1c1ccc(C)c(N=C=O)c1. The van der Waals surface area contributed by atoms with Crippen molar-refractivity contribution >= 4 is 52.6 Å². The molecule has 9 heteroatoms. The average Bonchev–Trinajstić information content (AvgIpc) is 2.93. The Kier molecular flexibility index (Phi) is 5.49. The number of imide groups is 1. The van der Waals surface area contributed by atoms with Crippen LogP contribution >= 0.6 is 0 Å². The molecule has 3 amide bonds. The molecule has 1 fully saturated rings. The molecule has 9 nitrogen and oxygen atoms in total. The summed E-state index contributed by atoms with van der Waals surface area (Å²) in [5.41, 5.74) is 0.352. The summed E-state index contributed by atoms with van der Waals surface area (Å²) < 4.78 is 0. The standard InChI is InChI=1S/C22H18N4O5/c1-13-5-7-16(9-18(13)23-11-27)25-20(30)22(4,15(3)29)26(21(25)31)17-8-6-14(2)19(10-17)24-12-28/h5-10H,1-4H3. The van der Waals surface area contributed by atoms with Crippen LogP contribution in [0, 0.1) is 13.8 Å². The zero-order valence-electron chi connectivity index (χ0n) is 17.3. The van der Waals surface area contributed by atoms with Crippen molar-refractivity contribution in [1.29, 1.82) is 0 Å². The van der Waals surface area contributed by atoms with E-state index in [1.54, 1.807) is 32.0 Å². The topological polar surface area (TPSA) is 117 Å². The van der Waals surface area contributed by atoms with E-state index in [-0.39, 0.29) is 22.7 Å². The Morgan fingerprint density at radius 1 is 0.903 bits per heavy atom. The summed E-state index contributed by atoms with van der Waals surface area (Å²) in [6.45, 7) is 6.00. The van der Waals surface area contributed by atoms with E-state index in [1.165, 1.54) is 44.2 Å².